The Hall–Kier alpha value is -1.03. The third-order valence-corrected chi connectivity index (χ3v) is 7.29. The van der Waals surface area contributed by atoms with Crippen molar-refractivity contribution < 1.29 is 26.4 Å². The van der Waals surface area contributed by atoms with E-state index in [1.807, 2.05) is 5.32 Å². The summed E-state index contributed by atoms with van der Waals surface area (Å²) in [4.78, 5) is 12.8. The van der Waals surface area contributed by atoms with Crippen molar-refractivity contribution in [3.05, 3.63) is 0 Å². The van der Waals surface area contributed by atoms with Gasteiger partial charge in [0.05, 0.1) is 0 Å². The van der Waals surface area contributed by atoms with Crippen LogP contribution >= 0.6 is 0 Å². The first-order valence-electron chi connectivity index (χ1n) is 9.03. The summed E-state index contributed by atoms with van der Waals surface area (Å²) in [5, 5.41) is 1.07. The van der Waals surface area contributed by atoms with Gasteiger partial charge in [-0.15, -0.1) is 0 Å². The topological polar surface area (TPSA) is 78.5 Å². The fourth-order valence-corrected chi connectivity index (χ4v) is 5.04. The first kappa shape index (κ1) is 21.3. The van der Waals surface area contributed by atoms with E-state index in [-0.39, 0.29) is 19.1 Å². The summed E-state index contributed by atoms with van der Waals surface area (Å²) in [6.07, 6.45) is -0.967. The molecule has 152 valence electrons. The molecule has 2 aliphatic rings. The largest absolute Gasteiger partial charge is 0.408 e. The van der Waals surface area contributed by atoms with Crippen molar-refractivity contribution in [1.82, 2.24) is 14.9 Å². The normalized spacial score (nSPS) is 26.5. The molecule has 2 rings (SSSR count). The predicted molar refractivity (Wildman–Crippen MR) is 92.0 cm³/mol. The van der Waals surface area contributed by atoms with E-state index in [2.05, 4.69) is 18.6 Å². The number of hydrogen-bond acceptors (Lipinski definition) is 3. The maximum atomic E-state index is 12.5. The molecule has 2 amide bonds. The summed E-state index contributed by atoms with van der Waals surface area (Å²) in [6, 6.07) is -2.96. The van der Waals surface area contributed by atoms with Crippen LogP contribution in [-0.4, -0.2) is 55.9 Å². The molecule has 6 nitrogen and oxygen atoms in total. The van der Waals surface area contributed by atoms with Gasteiger partial charge < -0.3 is 10.2 Å². The van der Waals surface area contributed by atoms with Crippen LogP contribution in [0.5, 0.6) is 0 Å². The molecule has 0 aromatic carbocycles. The minimum absolute atomic E-state index is 0.0902. The highest BCUT2D eigenvalue weighted by Crippen LogP contribution is 2.30. The summed E-state index contributed by atoms with van der Waals surface area (Å²) in [7, 11) is -3.58. The zero-order valence-corrected chi connectivity index (χ0v) is 16.2. The maximum absolute atomic E-state index is 12.5. The van der Waals surface area contributed by atoms with Gasteiger partial charge in [-0.2, -0.15) is 13.2 Å². The standard InChI is InChI=1S/C16H28F3N3O3S/c1-10(2)12-4-6-13(7-5-12)21-26(24,25)14-8-22(9-14)15(23)20-11(3)16(17,18)19/h10-14,21H,4-9H2,1-3H3,(H,20,23)/t11-,12?,13?/m1/s1. The number of hydrogen-bond donors (Lipinski definition) is 2. The molecule has 1 heterocycles. The lowest BCUT2D eigenvalue weighted by Crippen LogP contribution is -2.63. The van der Waals surface area contributed by atoms with E-state index in [1.54, 1.807) is 0 Å². The molecule has 1 saturated heterocycles. The van der Waals surface area contributed by atoms with Crippen LogP contribution in [0.4, 0.5) is 18.0 Å². The van der Waals surface area contributed by atoms with Crippen LogP contribution < -0.4 is 10.0 Å². The second-order valence-corrected chi connectivity index (χ2v) is 9.75. The minimum Gasteiger partial charge on any atom is -0.326 e. The van der Waals surface area contributed by atoms with Gasteiger partial charge >= 0.3 is 12.2 Å². The van der Waals surface area contributed by atoms with Crippen LogP contribution in [0.15, 0.2) is 0 Å². The number of carbonyl (C=O) groups is 1. The lowest BCUT2D eigenvalue weighted by atomic mass is 9.80. The molecule has 26 heavy (non-hydrogen) atoms. The number of rotatable bonds is 5. The molecule has 2 N–H and O–H groups in total. The molecule has 1 atom stereocenters. The van der Waals surface area contributed by atoms with E-state index < -0.39 is 33.5 Å². The summed E-state index contributed by atoms with van der Waals surface area (Å²) in [5.74, 6) is 1.21. The van der Waals surface area contributed by atoms with Crippen molar-refractivity contribution >= 4 is 16.1 Å². The first-order chi connectivity index (χ1) is 11.9. The highest BCUT2D eigenvalue weighted by molar-refractivity contribution is 7.90. The van der Waals surface area contributed by atoms with Gasteiger partial charge in [-0.05, 0) is 44.4 Å². The third-order valence-electron chi connectivity index (χ3n) is 5.45. The molecule has 1 aliphatic heterocycles. The van der Waals surface area contributed by atoms with Gasteiger partial charge in [-0.3, -0.25) is 0 Å². The van der Waals surface area contributed by atoms with Gasteiger partial charge in [0.25, 0.3) is 0 Å². The van der Waals surface area contributed by atoms with Gasteiger partial charge in [-0.25, -0.2) is 17.9 Å². The van der Waals surface area contributed by atoms with E-state index in [9.17, 15) is 26.4 Å². The number of alkyl halides is 3. The fourth-order valence-electron chi connectivity index (χ4n) is 3.39. The molecular weight excluding hydrogens is 371 g/mol. The summed E-state index contributed by atoms with van der Waals surface area (Å²) in [5.41, 5.74) is 0. The number of carbonyl (C=O) groups excluding carboxylic acids is 1. The van der Waals surface area contributed by atoms with Crippen LogP contribution in [0, 0.1) is 11.8 Å². The van der Waals surface area contributed by atoms with Crippen molar-refractivity contribution in [3.63, 3.8) is 0 Å². The predicted octanol–water partition coefficient (Wildman–Crippen LogP) is 2.47. The third kappa shape index (κ3) is 5.25. The van der Waals surface area contributed by atoms with Crippen molar-refractivity contribution in [2.75, 3.05) is 13.1 Å². The molecule has 10 heteroatoms. The van der Waals surface area contributed by atoms with E-state index in [0.29, 0.717) is 11.8 Å². The van der Waals surface area contributed by atoms with E-state index in [1.165, 1.54) is 0 Å². The fraction of sp³-hybridized carbons (Fsp3) is 0.938. The average Bonchev–Trinajstić information content (AvgIpc) is 2.44. The summed E-state index contributed by atoms with van der Waals surface area (Å²) in [6.45, 7) is 5.01. The molecule has 0 aromatic heterocycles. The van der Waals surface area contributed by atoms with Gasteiger partial charge in [0.1, 0.15) is 11.3 Å². The number of sulfonamides is 1. The number of nitrogens with zero attached hydrogens (tertiary/aromatic N) is 1. The lowest BCUT2D eigenvalue weighted by Gasteiger charge is -2.40. The maximum Gasteiger partial charge on any atom is 0.408 e. The number of nitrogens with one attached hydrogen (secondary N) is 2. The molecule has 0 bridgehead atoms. The van der Waals surface area contributed by atoms with Crippen molar-refractivity contribution in [3.8, 4) is 0 Å². The molecule has 0 unspecified atom stereocenters. The SMILES string of the molecule is CC(C)C1CCC(NS(=O)(=O)C2CN(C(=O)N[C@H](C)C(F)(F)F)C2)CC1. The molecule has 1 aliphatic carbocycles. The van der Waals surface area contributed by atoms with Gasteiger partial charge in [-0.1, -0.05) is 13.8 Å². The summed E-state index contributed by atoms with van der Waals surface area (Å²) < 4.78 is 64.9. The zero-order valence-electron chi connectivity index (χ0n) is 15.3. The van der Waals surface area contributed by atoms with Gasteiger partial charge in [0.15, 0.2) is 0 Å². The second-order valence-electron chi connectivity index (χ2n) is 7.76. The van der Waals surface area contributed by atoms with E-state index in [4.69, 9.17) is 0 Å². The molecule has 0 radical (unpaired) electrons. The Bertz CT molecular complexity index is 596. The lowest BCUT2D eigenvalue weighted by molar-refractivity contribution is -0.149. The molecule has 2 fully saturated rings. The Morgan fingerprint density at radius 1 is 1.08 bits per heavy atom. The van der Waals surface area contributed by atoms with Crippen molar-refractivity contribution in [2.45, 2.75) is 70.0 Å². The van der Waals surface area contributed by atoms with E-state index in [0.717, 1.165) is 37.5 Å². The van der Waals surface area contributed by atoms with Gasteiger partial charge in [0, 0.05) is 19.1 Å². The Labute approximate surface area is 152 Å². The highest BCUT2D eigenvalue weighted by Gasteiger charge is 2.43. The van der Waals surface area contributed by atoms with Crippen LogP contribution in [0.3, 0.4) is 0 Å². The smallest absolute Gasteiger partial charge is 0.326 e. The highest BCUT2D eigenvalue weighted by atomic mass is 32.2. The quantitative estimate of drug-likeness (QED) is 0.746. The second kappa shape index (κ2) is 7.92. The zero-order chi connectivity index (χ0) is 19.7. The molecule has 0 aromatic rings. The van der Waals surface area contributed by atoms with Crippen LogP contribution in [-0.2, 0) is 10.0 Å². The van der Waals surface area contributed by atoms with Crippen LogP contribution in [0.1, 0.15) is 46.5 Å². The number of urea groups is 1. The van der Waals surface area contributed by atoms with Gasteiger partial charge in [0.2, 0.25) is 10.0 Å². The Balaban J connectivity index is 1.78. The van der Waals surface area contributed by atoms with Crippen molar-refractivity contribution in [2.24, 2.45) is 11.8 Å². The number of likely N-dealkylation sites (tertiary alicyclic amines) is 1. The van der Waals surface area contributed by atoms with Crippen LogP contribution in [0.2, 0.25) is 0 Å². The molecule has 1 saturated carbocycles. The molecule has 0 spiro atoms. The minimum atomic E-state index is -4.53. The van der Waals surface area contributed by atoms with Crippen LogP contribution in [0.25, 0.3) is 0 Å². The summed E-state index contributed by atoms with van der Waals surface area (Å²) >= 11 is 0. The Kier molecular flexibility index (Phi) is 6.48. The monoisotopic (exact) mass is 399 g/mol. The number of halogens is 3. The number of amides is 2. The molecular formula is C16H28F3N3O3S. The Morgan fingerprint density at radius 2 is 1.62 bits per heavy atom. The van der Waals surface area contributed by atoms with E-state index >= 15 is 0 Å². The average molecular weight is 399 g/mol. The van der Waals surface area contributed by atoms with Crippen molar-refractivity contribution in [1.29, 1.82) is 0 Å². The Morgan fingerprint density at radius 3 is 2.08 bits per heavy atom. The first-order valence-corrected chi connectivity index (χ1v) is 10.6.